The first-order chi connectivity index (χ1) is 8.91. The number of esters is 1. The summed E-state index contributed by atoms with van der Waals surface area (Å²) in [5.74, 6) is 0.672. The molecule has 4 nitrogen and oxygen atoms in total. The minimum absolute atomic E-state index is 0.266. The molecular weight excluding hydrogens is 242 g/mol. The number of ether oxygens (including phenoxy) is 1. The van der Waals surface area contributed by atoms with E-state index in [4.69, 9.17) is 9.57 Å². The van der Waals surface area contributed by atoms with E-state index in [-0.39, 0.29) is 5.97 Å². The monoisotopic (exact) mass is 269 g/mol. The Bertz CT molecular complexity index is 336. The summed E-state index contributed by atoms with van der Waals surface area (Å²) in [4.78, 5) is 17.7. The second kappa shape index (κ2) is 6.92. The van der Waals surface area contributed by atoms with E-state index in [1.807, 2.05) is 6.92 Å². The van der Waals surface area contributed by atoms with Crippen LogP contribution in [0.1, 0.15) is 60.3 Å². The van der Waals surface area contributed by atoms with Gasteiger partial charge in [-0.25, -0.2) is 4.79 Å². The SMILES string of the molecule is CCOC(=O)C1(CCCC(C)C)CC(C(C)C)=NO1. The van der Waals surface area contributed by atoms with Gasteiger partial charge >= 0.3 is 5.97 Å². The number of carbonyl (C=O) groups is 1. The third-order valence-corrected chi connectivity index (χ3v) is 3.48. The second-order valence-electron chi connectivity index (χ2n) is 6.01. The fraction of sp³-hybridized carbons (Fsp3) is 0.867. The molecule has 1 unspecified atom stereocenters. The molecule has 0 aromatic heterocycles. The lowest BCUT2D eigenvalue weighted by atomic mass is 9.87. The molecule has 0 saturated carbocycles. The van der Waals surface area contributed by atoms with E-state index >= 15 is 0 Å². The van der Waals surface area contributed by atoms with Crippen molar-refractivity contribution in [3.05, 3.63) is 0 Å². The van der Waals surface area contributed by atoms with Crippen molar-refractivity contribution in [1.29, 1.82) is 0 Å². The van der Waals surface area contributed by atoms with Gasteiger partial charge in [-0.05, 0) is 25.2 Å². The van der Waals surface area contributed by atoms with Crippen LogP contribution < -0.4 is 0 Å². The summed E-state index contributed by atoms with van der Waals surface area (Å²) in [6.07, 6.45) is 3.30. The smallest absolute Gasteiger partial charge is 0.353 e. The zero-order chi connectivity index (χ0) is 14.5. The first kappa shape index (κ1) is 16.0. The lowest BCUT2D eigenvalue weighted by molar-refractivity contribution is -0.170. The highest BCUT2D eigenvalue weighted by Gasteiger charge is 2.47. The minimum Gasteiger partial charge on any atom is -0.463 e. The molecule has 1 heterocycles. The summed E-state index contributed by atoms with van der Waals surface area (Å²) in [7, 11) is 0. The number of oxime groups is 1. The van der Waals surface area contributed by atoms with E-state index in [0.717, 1.165) is 18.6 Å². The molecule has 0 N–H and O–H groups in total. The van der Waals surface area contributed by atoms with E-state index < -0.39 is 5.60 Å². The molecule has 0 saturated heterocycles. The maximum atomic E-state index is 12.2. The van der Waals surface area contributed by atoms with Crippen LogP contribution in [0.15, 0.2) is 5.16 Å². The predicted octanol–water partition coefficient (Wildman–Crippen LogP) is 3.55. The number of hydrogen-bond donors (Lipinski definition) is 0. The number of carbonyl (C=O) groups excluding carboxylic acids is 1. The first-order valence-corrected chi connectivity index (χ1v) is 7.33. The predicted molar refractivity (Wildman–Crippen MR) is 76.0 cm³/mol. The van der Waals surface area contributed by atoms with Crippen LogP contribution >= 0.6 is 0 Å². The largest absolute Gasteiger partial charge is 0.463 e. The van der Waals surface area contributed by atoms with Crippen LogP contribution in [0.25, 0.3) is 0 Å². The lowest BCUT2D eigenvalue weighted by Crippen LogP contribution is -2.41. The van der Waals surface area contributed by atoms with Gasteiger partial charge in [0.05, 0.1) is 12.3 Å². The maximum Gasteiger partial charge on any atom is 0.353 e. The molecule has 0 radical (unpaired) electrons. The fourth-order valence-electron chi connectivity index (χ4n) is 2.22. The Balaban J connectivity index is 2.68. The van der Waals surface area contributed by atoms with Gasteiger partial charge in [0.1, 0.15) is 0 Å². The molecule has 0 amide bonds. The zero-order valence-corrected chi connectivity index (χ0v) is 12.9. The Hall–Kier alpha value is -1.06. The fourth-order valence-corrected chi connectivity index (χ4v) is 2.22. The summed E-state index contributed by atoms with van der Waals surface area (Å²) in [6, 6.07) is 0. The van der Waals surface area contributed by atoms with E-state index in [0.29, 0.717) is 31.3 Å². The van der Waals surface area contributed by atoms with Crippen LogP contribution in [-0.4, -0.2) is 23.9 Å². The highest BCUT2D eigenvalue weighted by atomic mass is 16.7. The van der Waals surface area contributed by atoms with Crippen LogP contribution in [0.2, 0.25) is 0 Å². The molecule has 1 aliphatic rings. The summed E-state index contributed by atoms with van der Waals surface area (Å²) in [5.41, 5.74) is 0.0856. The molecule has 0 spiro atoms. The Labute approximate surface area is 116 Å². The quantitative estimate of drug-likeness (QED) is 0.664. The third kappa shape index (κ3) is 4.22. The van der Waals surface area contributed by atoms with Gasteiger partial charge in [0.2, 0.25) is 5.60 Å². The highest BCUT2D eigenvalue weighted by Crippen LogP contribution is 2.33. The van der Waals surface area contributed by atoms with Gasteiger partial charge in [-0.2, -0.15) is 0 Å². The van der Waals surface area contributed by atoms with Gasteiger partial charge < -0.3 is 9.57 Å². The molecule has 0 aromatic rings. The summed E-state index contributed by atoms with van der Waals surface area (Å²) < 4.78 is 5.18. The molecule has 1 atom stereocenters. The summed E-state index contributed by atoms with van der Waals surface area (Å²) >= 11 is 0. The maximum absolute atomic E-state index is 12.2. The minimum atomic E-state index is -0.871. The summed E-state index contributed by atoms with van der Waals surface area (Å²) in [5, 5.41) is 4.11. The average Bonchev–Trinajstić information content (AvgIpc) is 2.75. The molecule has 4 heteroatoms. The zero-order valence-electron chi connectivity index (χ0n) is 12.9. The topological polar surface area (TPSA) is 47.9 Å². The molecule has 0 aliphatic carbocycles. The van der Waals surface area contributed by atoms with E-state index in [2.05, 4.69) is 32.9 Å². The molecule has 0 bridgehead atoms. The van der Waals surface area contributed by atoms with E-state index in [1.165, 1.54) is 0 Å². The van der Waals surface area contributed by atoms with Crippen LogP contribution in [0.3, 0.4) is 0 Å². The molecule has 19 heavy (non-hydrogen) atoms. The molecule has 1 aliphatic heterocycles. The number of hydrogen-bond acceptors (Lipinski definition) is 4. The van der Waals surface area contributed by atoms with Crippen molar-refractivity contribution in [2.45, 2.75) is 65.9 Å². The van der Waals surface area contributed by atoms with Crippen molar-refractivity contribution in [3.8, 4) is 0 Å². The highest BCUT2D eigenvalue weighted by molar-refractivity contribution is 5.94. The molecule has 1 rings (SSSR count). The summed E-state index contributed by atoms with van der Waals surface area (Å²) in [6.45, 7) is 10.7. The molecule has 110 valence electrons. The van der Waals surface area contributed by atoms with Crippen LogP contribution in [-0.2, 0) is 14.4 Å². The Morgan fingerprint density at radius 3 is 2.58 bits per heavy atom. The van der Waals surface area contributed by atoms with Gasteiger partial charge in [-0.15, -0.1) is 0 Å². The molecule has 0 fully saturated rings. The standard InChI is InChI=1S/C15H27NO3/c1-6-18-14(17)15(9-7-8-11(2)3)10-13(12(4)5)16-19-15/h11-12H,6-10H2,1-5H3. The Morgan fingerprint density at radius 2 is 2.11 bits per heavy atom. The lowest BCUT2D eigenvalue weighted by Gasteiger charge is -2.24. The molecular formula is C15H27NO3. The van der Waals surface area contributed by atoms with Gasteiger partial charge in [0, 0.05) is 12.8 Å². The van der Waals surface area contributed by atoms with Crippen molar-refractivity contribution in [1.82, 2.24) is 0 Å². The van der Waals surface area contributed by atoms with Crippen LogP contribution in [0, 0.1) is 11.8 Å². The van der Waals surface area contributed by atoms with Crippen molar-refractivity contribution in [2.24, 2.45) is 17.0 Å². The van der Waals surface area contributed by atoms with Crippen molar-refractivity contribution < 1.29 is 14.4 Å². The van der Waals surface area contributed by atoms with Crippen molar-refractivity contribution in [3.63, 3.8) is 0 Å². The van der Waals surface area contributed by atoms with Crippen LogP contribution in [0.4, 0.5) is 0 Å². The van der Waals surface area contributed by atoms with Gasteiger partial charge in [0.15, 0.2) is 0 Å². The van der Waals surface area contributed by atoms with Crippen molar-refractivity contribution in [2.75, 3.05) is 6.61 Å². The Kier molecular flexibility index (Phi) is 5.83. The van der Waals surface area contributed by atoms with E-state index in [9.17, 15) is 4.79 Å². The third-order valence-electron chi connectivity index (χ3n) is 3.48. The van der Waals surface area contributed by atoms with E-state index in [1.54, 1.807) is 0 Å². The van der Waals surface area contributed by atoms with Crippen LogP contribution in [0.5, 0.6) is 0 Å². The average molecular weight is 269 g/mol. The number of nitrogens with zero attached hydrogens (tertiary/aromatic N) is 1. The first-order valence-electron chi connectivity index (χ1n) is 7.33. The van der Waals surface area contributed by atoms with Crippen molar-refractivity contribution >= 4 is 11.7 Å². The normalized spacial score (nSPS) is 22.6. The number of rotatable bonds is 7. The Morgan fingerprint density at radius 1 is 1.42 bits per heavy atom. The van der Waals surface area contributed by atoms with Gasteiger partial charge in [0.25, 0.3) is 0 Å². The second-order valence-corrected chi connectivity index (χ2v) is 6.01. The molecule has 0 aromatic carbocycles. The van der Waals surface area contributed by atoms with Gasteiger partial charge in [-0.3, -0.25) is 0 Å². The van der Waals surface area contributed by atoms with Gasteiger partial charge in [-0.1, -0.05) is 39.3 Å².